The first-order valence-electron chi connectivity index (χ1n) is 7.75. The highest BCUT2D eigenvalue weighted by molar-refractivity contribution is 5.95. The van der Waals surface area contributed by atoms with Crippen molar-refractivity contribution in [3.8, 4) is 5.88 Å². The molecule has 0 radical (unpaired) electrons. The minimum atomic E-state index is -0.424. The molecule has 8 nitrogen and oxygen atoms in total. The van der Waals surface area contributed by atoms with Gasteiger partial charge in [0.1, 0.15) is 6.04 Å². The summed E-state index contributed by atoms with van der Waals surface area (Å²) in [5, 5.41) is 3.82. The third kappa shape index (κ3) is 3.09. The zero-order valence-electron chi connectivity index (χ0n) is 14.1. The van der Waals surface area contributed by atoms with E-state index in [-0.39, 0.29) is 12.0 Å². The highest BCUT2D eigenvalue weighted by Crippen LogP contribution is 2.30. The molecule has 2 aromatic heterocycles. The number of rotatable bonds is 3. The number of aryl methyl sites for hydroxylation is 2. The van der Waals surface area contributed by atoms with Crippen LogP contribution in [0.15, 0.2) is 16.7 Å². The average Bonchev–Trinajstić information content (AvgIpc) is 2.99. The van der Waals surface area contributed by atoms with Crippen LogP contribution in [0.3, 0.4) is 0 Å². The first-order chi connectivity index (χ1) is 11.5. The van der Waals surface area contributed by atoms with Gasteiger partial charge in [0.05, 0.1) is 19.8 Å². The Morgan fingerprint density at radius 3 is 2.79 bits per heavy atom. The number of methoxy groups -OCH3 is 1. The highest BCUT2D eigenvalue weighted by atomic mass is 16.5. The lowest BCUT2D eigenvalue weighted by molar-refractivity contribution is -0.0600. The van der Waals surface area contributed by atoms with Gasteiger partial charge in [0.15, 0.2) is 5.82 Å². The lowest BCUT2D eigenvalue weighted by Gasteiger charge is -2.37. The van der Waals surface area contributed by atoms with Gasteiger partial charge < -0.3 is 18.9 Å². The van der Waals surface area contributed by atoms with Crippen LogP contribution in [-0.2, 0) is 4.74 Å². The van der Waals surface area contributed by atoms with Gasteiger partial charge >= 0.3 is 0 Å². The molecule has 1 saturated heterocycles. The second-order valence-electron chi connectivity index (χ2n) is 5.74. The molecule has 0 bridgehead atoms. The number of ether oxygens (including phenoxy) is 2. The Morgan fingerprint density at radius 1 is 1.33 bits per heavy atom. The maximum atomic E-state index is 13.1. The molecule has 3 heterocycles. The molecule has 1 aliphatic heterocycles. The first-order valence-corrected chi connectivity index (χ1v) is 7.75. The number of nitrogens with zero attached hydrogens (tertiary/aromatic N) is 4. The molecule has 2 atom stereocenters. The van der Waals surface area contributed by atoms with Crippen molar-refractivity contribution in [2.75, 3.05) is 20.3 Å². The molecule has 1 aliphatic rings. The summed E-state index contributed by atoms with van der Waals surface area (Å²) in [6.45, 7) is 6.35. The van der Waals surface area contributed by atoms with Gasteiger partial charge in [-0.05, 0) is 26.8 Å². The van der Waals surface area contributed by atoms with Crippen LogP contribution in [-0.4, -0.2) is 52.3 Å². The van der Waals surface area contributed by atoms with E-state index in [2.05, 4.69) is 15.1 Å². The van der Waals surface area contributed by atoms with Gasteiger partial charge in [-0.15, -0.1) is 0 Å². The lowest BCUT2D eigenvalue weighted by Crippen LogP contribution is -2.47. The standard InChI is InChI=1S/C16H20N4O4/c1-9-7-12(8-13(17-9)22-4)16(21)20-5-6-23-10(2)14(20)15-18-11(3)19-24-15/h7-8,10,14H,5-6H2,1-4H3/t10-,14+/m1/s1. The van der Waals surface area contributed by atoms with Crippen LogP contribution in [0, 0.1) is 13.8 Å². The maximum absolute atomic E-state index is 13.1. The van der Waals surface area contributed by atoms with Crippen molar-refractivity contribution in [3.05, 3.63) is 35.1 Å². The molecule has 128 valence electrons. The Hall–Kier alpha value is -2.48. The van der Waals surface area contributed by atoms with Gasteiger partial charge in [0.25, 0.3) is 11.8 Å². The van der Waals surface area contributed by atoms with Gasteiger partial charge in [-0.3, -0.25) is 4.79 Å². The number of hydrogen-bond acceptors (Lipinski definition) is 7. The zero-order chi connectivity index (χ0) is 17.3. The topological polar surface area (TPSA) is 90.6 Å². The van der Waals surface area contributed by atoms with E-state index in [4.69, 9.17) is 14.0 Å². The minimum absolute atomic E-state index is 0.144. The second kappa shape index (κ2) is 6.56. The van der Waals surface area contributed by atoms with Gasteiger partial charge in [-0.25, -0.2) is 4.98 Å². The third-order valence-electron chi connectivity index (χ3n) is 3.94. The normalized spacial score (nSPS) is 20.9. The van der Waals surface area contributed by atoms with Gasteiger partial charge in [-0.2, -0.15) is 4.98 Å². The van der Waals surface area contributed by atoms with Crippen molar-refractivity contribution in [2.45, 2.75) is 32.9 Å². The number of morpholine rings is 1. The van der Waals surface area contributed by atoms with Crippen molar-refractivity contribution in [1.29, 1.82) is 0 Å². The monoisotopic (exact) mass is 332 g/mol. The van der Waals surface area contributed by atoms with E-state index >= 15 is 0 Å². The third-order valence-corrected chi connectivity index (χ3v) is 3.94. The van der Waals surface area contributed by atoms with Crippen molar-refractivity contribution < 1.29 is 18.8 Å². The Morgan fingerprint density at radius 2 is 2.12 bits per heavy atom. The molecule has 2 aromatic rings. The zero-order valence-corrected chi connectivity index (χ0v) is 14.1. The molecule has 3 rings (SSSR count). The Kier molecular flexibility index (Phi) is 4.48. The fourth-order valence-electron chi connectivity index (χ4n) is 2.85. The van der Waals surface area contributed by atoms with E-state index in [0.717, 1.165) is 0 Å². The highest BCUT2D eigenvalue weighted by Gasteiger charge is 2.38. The number of carbonyl (C=O) groups excluding carboxylic acids is 1. The Labute approximate surface area is 139 Å². The summed E-state index contributed by atoms with van der Waals surface area (Å²) in [4.78, 5) is 23.2. The van der Waals surface area contributed by atoms with E-state index in [1.54, 1.807) is 24.0 Å². The Balaban J connectivity index is 1.95. The van der Waals surface area contributed by atoms with Crippen molar-refractivity contribution in [1.82, 2.24) is 20.0 Å². The van der Waals surface area contributed by atoms with Crippen LogP contribution in [0.1, 0.15) is 40.7 Å². The van der Waals surface area contributed by atoms with Crippen LogP contribution < -0.4 is 4.74 Å². The van der Waals surface area contributed by atoms with Crippen LogP contribution in [0.4, 0.5) is 0 Å². The molecular weight excluding hydrogens is 312 g/mol. The molecule has 0 aromatic carbocycles. The van der Waals surface area contributed by atoms with E-state index < -0.39 is 6.04 Å². The molecule has 1 amide bonds. The Bertz CT molecular complexity index is 745. The van der Waals surface area contributed by atoms with E-state index in [1.807, 2.05) is 13.8 Å². The van der Waals surface area contributed by atoms with Crippen molar-refractivity contribution in [2.24, 2.45) is 0 Å². The molecule has 1 fully saturated rings. The summed E-state index contributed by atoms with van der Waals surface area (Å²) in [6, 6.07) is 2.94. The van der Waals surface area contributed by atoms with Crippen LogP contribution in [0.2, 0.25) is 0 Å². The summed E-state index contributed by atoms with van der Waals surface area (Å²) in [5.74, 6) is 1.17. The second-order valence-corrected chi connectivity index (χ2v) is 5.74. The van der Waals surface area contributed by atoms with E-state index in [0.29, 0.717) is 42.0 Å². The number of amides is 1. The molecule has 8 heteroatoms. The van der Waals surface area contributed by atoms with Gasteiger partial charge in [0, 0.05) is 23.9 Å². The van der Waals surface area contributed by atoms with Crippen LogP contribution in [0.5, 0.6) is 5.88 Å². The number of hydrogen-bond donors (Lipinski definition) is 0. The largest absolute Gasteiger partial charge is 0.481 e. The SMILES string of the molecule is COc1cc(C(=O)N2CCO[C@H](C)[C@H]2c2nc(C)no2)cc(C)n1. The maximum Gasteiger partial charge on any atom is 0.254 e. The fourth-order valence-corrected chi connectivity index (χ4v) is 2.85. The minimum Gasteiger partial charge on any atom is -0.481 e. The lowest BCUT2D eigenvalue weighted by atomic mass is 10.1. The number of pyridine rings is 1. The van der Waals surface area contributed by atoms with E-state index in [9.17, 15) is 4.79 Å². The molecular formula is C16H20N4O4. The van der Waals surface area contributed by atoms with Crippen LogP contribution >= 0.6 is 0 Å². The molecule has 0 spiro atoms. The smallest absolute Gasteiger partial charge is 0.254 e. The van der Waals surface area contributed by atoms with Crippen molar-refractivity contribution >= 4 is 5.91 Å². The summed E-state index contributed by atoms with van der Waals surface area (Å²) in [6.07, 6.45) is -0.243. The number of aromatic nitrogens is 3. The molecule has 0 unspecified atom stereocenters. The summed E-state index contributed by atoms with van der Waals surface area (Å²) >= 11 is 0. The quantitative estimate of drug-likeness (QED) is 0.844. The van der Waals surface area contributed by atoms with Crippen LogP contribution in [0.25, 0.3) is 0 Å². The van der Waals surface area contributed by atoms with Gasteiger partial charge in [-0.1, -0.05) is 5.16 Å². The predicted molar refractivity (Wildman–Crippen MR) is 83.8 cm³/mol. The average molecular weight is 332 g/mol. The fraction of sp³-hybridized carbons (Fsp3) is 0.500. The van der Waals surface area contributed by atoms with E-state index in [1.165, 1.54) is 7.11 Å². The summed E-state index contributed by atoms with van der Waals surface area (Å²) < 4.78 is 16.1. The molecule has 24 heavy (non-hydrogen) atoms. The van der Waals surface area contributed by atoms with Gasteiger partial charge in [0.2, 0.25) is 5.88 Å². The summed E-state index contributed by atoms with van der Waals surface area (Å²) in [7, 11) is 1.52. The van der Waals surface area contributed by atoms with Crippen molar-refractivity contribution in [3.63, 3.8) is 0 Å². The molecule has 0 saturated carbocycles. The predicted octanol–water partition coefficient (Wildman–Crippen LogP) is 1.69. The molecule has 0 N–H and O–H groups in total. The molecule has 0 aliphatic carbocycles. The summed E-state index contributed by atoms with van der Waals surface area (Å²) in [5.41, 5.74) is 1.22. The number of carbonyl (C=O) groups is 1. The first kappa shape index (κ1) is 16.4.